The van der Waals surface area contributed by atoms with Gasteiger partial charge in [-0.25, -0.2) is 8.78 Å². The van der Waals surface area contributed by atoms with Crippen LogP contribution in [0.15, 0.2) is 12.1 Å². The van der Waals surface area contributed by atoms with Gasteiger partial charge in [-0.1, -0.05) is 6.92 Å². The molecule has 1 aromatic rings. The minimum atomic E-state index is -1.28. The molecule has 0 heterocycles. The quantitative estimate of drug-likeness (QED) is 0.661. The van der Waals surface area contributed by atoms with Gasteiger partial charge >= 0.3 is 0 Å². The van der Waals surface area contributed by atoms with E-state index in [2.05, 4.69) is 12.2 Å². The molecule has 116 valence electrons. The normalized spacial score (nSPS) is 25.6. The number of nitro benzene ring substituents is 1. The van der Waals surface area contributed by atoms with Crippen molar-refractivity contribution in [1.82, 2.24) is 0 Å². The van der Waals surface area contributed by atoms with Crippen LogP contribution in [0.2, 0.25) is 0 Å². The highest BCUT2D eigenvalue weighted by Crippen LogP contribution is 2.38. The Balaban J connectivity index is 2.37. The average molecular weight is 300 g/mol. The van der Waals surface area contributed by atoms with Crippen molar-refractivity contribution in [3.05, 3.63) is 33.9 Å². The van der Waals surface area contributed by atoms with Crippen LogP contribution in [-0.4, -0.2) is 22.2 Å². The summed E-state index contributed by atoms with van der Waals surface area (Å²) in [5.41, 5.74) is -1.85. The Morgan fingerprint density at radius 1 is 1.43 bits per heavy atom. The third kappa shape index (κ3) is 3.12. The van der Waals surface area contributed by atoms with Gasteiger partial charge in [0.1, 0.15) is 0 Å². The maximum atomic E-state index is 13.9. The topological polar surface area (TPSA) is 75.4 Å². The summed E-state index contributed by atoms with van der Waals surface area (Å²) in [4.78, 5) is 10.2. The first-order valence-electron chi connectivity index (χ1n) is 6.90. The second-order valence-corrected chi connectivity index (χ2v) is 5.76. The fraction of sp³-hybridized carbons (Fsp3) is 0.571. The first-order valence-corrected chi connectivity index (χ1v) is 6.90. The average Bonchev–Trinajstić information content (AvgIpc) is 2.46. The molecule has 2 rings (SSSR count). The number of rotatable bonds is 4. The summed E-state index contributed by atoms with van der Waals surface area (Å²) < 4.78 is 27.3. The number of nitrogens with zero attached hydrogens (tertiary/aromatic N) is 1. The lowest BCUT2D eigenvalue weighted by Crippen LogP contribution is -2.45. The van der Waals surface area contributed by atoms with Crippen LogP contribution in [0.3, 0.4) is 0 Å². The second kappa shape index (κ2) is 5.93. The summed E-state index contributed by atoms with van der Waals surface area (Å²) in [6, 6.07) is 1.66. The van der Waals surface area contributed by atoms with Gasteiger partial charge in [0.2, 0.25) is 0 Å². The molecule has 1 saturated carbocycles. The SMILES string of the molecule is CC1CCC(CO)(Nc2c([N+](=O)[O-])ccc(F)c2F)CC1. The van der Waals surface area contributed by atoms with Gasteiger partial charge in [-0.2, -0.15) is 0 Å². The van der Waals surface area contributed by atoms with E-state index in [1.54, 1.807) is 0 Å². The fourth-order valence-electron chi connectivity index (χ4n) is 2.71. The van der Waals surface area contributed by atoms with E-state index >= 15 is 0 Å². The van der Waals surface area contributed by atoms with Crippen LogP contribution in [0.25, 0.3) is 0 Å². The molecule has 0 atom stereocenters. The predicted molar refractivity (Wildman–Crippen MR) is 74.1 cm³/mol. The summed E-state index contributed by atoms with van der Waals surface area (Å²) in [7, 11) is 0. The first-order chi connectivity index (χ1) is 9.88. The Kier molecular flexibility index (Phi) is 4.41. The summed E-state index contributed by atoms with van der Waals surface area (Å²) in [5, 5.41) is 23.3. The second-order valence-electron chi connectivity index (χ2n) is 5.76. The molecule has 1 aliphatic rings. The number of benzene rings is 1. The fourth-order valence-corrected chi connectivity index (χ4v) is 2.71. The van der Waals surface area contributed by atoms with Crippen molar-refractivity contribution in [1.29, 1.82) is 0 Å². The molecule has 2 N–H and O–H groups in total. The zero-order valence-electron chi connectivity index (χ0n) is 11.7. The molecule has 1 fully saturated rings. The minimum Gasteiger partial charge on any atom is -0.394 e. The van der Waals surface area contributed by atoms with Crippen molar-refractivity contribution >= 4 is 11.4 Å². The van der Waals surface area contributed by atoms with Crippen molar-refractivity contribution < 1.29 is 18.8 Å². The molecule has 0 aromatic heterocycles. The molecule has 0 saturated heterocycles. The third-order valence-corrected chi connectivity index (χ3v) is 4.19. The highest BCUT2D eigenvalue weighted by atomic mass is 19.2. The smallest absolute Gasteiger partial charge is 0.295 e. The van der Waals surface area contributed by atoms with Gasteiger partial charge < -0.3 is 10.4 Å². The molecule has 5 nitrogen and oxygen atoms in total. The molecule has 0 bridgehead atoms. The van der Waals surface area contributed by atoms with Gasteiger partial charge in [-0.3, -0.25) is 10.1 Å². The van der Waals surface area contributed by atoms with Crippen LogP contribution in [-0.2, 0) is 0 Å². The van der Waals surface area contributed by atoms with E-state index < -0.39 is 33.5 Å². The predicted octanol–water partition coefficient (Wildman–Crippen LogP) is 3.23. The number of hydrogen-bond donors (Lipinski definition) is 2. The van der Waals surface area contributed by atoms with E-state index in [0.717, 1.165) is 25.0 Å². The van der Waals surface area contributed by atoms with E-state index in [1.807, 2.05) is 0 Å². The molecule has 0 radical (unpaired) electrons. The van der Waals surface area contributed by atoms with Gasteiger partial charge in [-0.05, 0) is 37.7 Å². The number of nitrogens with one attached hydrogen (secondary N) is 1. The summed E-state index contributed by atoms with van der Waals surface area (Å²) in [6.45, 7) is 1.79. The van der Waals surface area contributed by atoms with Crippen molar-refractivity contribution in [3.63, 3.8) is 0 Å². The van der Waals surface area contributed by atoms with Crippen molar-refractivity contribution in [2.75, 3.05) is 11.9 Å². The van der Waals surface area contributed by atoms with Gasteiger partial charge in [0.25, 0.3) is 5.69 Å². The highest BCUT2D eigenvalue weighted by molar-refractivity contribution is 5.63. The van der Waals surface area contributed by atoms with Crippen LogP contribution in [0.1, 0.15) is 32.6 Å². The molecule has 1 aliphatic carbocycles. The van der Waals surface area contributed by atoms with E-state index in [9.17, 15) is 24.0 Å². The number of hydrogen-bond acceptors (Lipinski definition) is 4. The monoisotopic (exact) mass is 300 g/mol. The maximum Gasteiger partial charge on any atom is 0.295 e. The third-order valence-electron chi connectivity index (χ3n) is 4.19. The van der Waals surface area contributed by atoms with Gasteiger partial charge in [0.15, 0.2) is 17.3 Å². The molecule has 21 heavy (non-hydrogen) atoms. The highest BCUT2D eigenvalue weighted by Gasteiger charge is 2.36. The number of aliphatic hydroxyl groups is 1. The molecule has 0 unspecified atom stereocenters. The molecule has 7 heteroatoms. The number of aliphatic hydroxyl groups excluding tert-OH is 1. The summed E-state index contributed by atoms with van der Waals surface area (Å²) in [6.07, 6.45) is 2.74. The van der Waals surface area contributed by atoms with Crippen LogP contribution in [0, 0.1) is 27.7 Å². The lowest BCUT2D eigenvalue weighted by molar-refractivity contribution is -0.384. The summed E-state index contributed by atoms with van der Waals surface area (Å²) >= 11 is 0. The lowest BCUT2D eigenvalue weighted by Gasteiger charge is -2.39. The van der Waals surface area contributed by atoms with Gasteiger partial charge in [-0.15, -0.1) is 0 Å². The molecular formula is C14H18F2N2O3. The minimum absolute atomic E-state index is 0.285. The zero-order chi connectivity index (χ0) is 15.6. The van der Waals surface area contributed by atoms with Gasteiger partial charge in [0.05, 0.1) is 17.1 Å². The zero-order valence-corrected chi connectivity index (χ0v) is 11.7. The Bertz CT molecular complexity index is 543. The first kappa shape index (κ1) is 15.6. The maximum absolute atomic E-state index is 13.9. The van der Waals surface area contributed by atoms with Crippen LogP contribution in [0.4, 0.5) is 20.2 Å². The Labute approximate surface area is 121 Å². The molecular weight excluding hydrogens is 282 g/mol. The molecule has 0 amide bonds. The Morgan fingerprint density at radius 2 is 2.05 bits per heavy atom. The van der Waals surface area contributed by atoms with Crippen molar-refractivity contribution in [2.24, 2.45) is 5.92 Å². The van der Waals surface area contributed by atoms with Crippen LogP contribution in [0.5, 0.6) is 0 Å². The molecule has 0 spiro atoms. The van der Waals surface area contributed by atoms with E-state index in [0.29, 0.717) is 18.8 Å². The number of halogens is 2. The Morgan fingerprint density at radius 3 is 2.57 bits per heavy atom. The van der Waals surface area contributed by atoms with Crippen molar-refractivity contribution in [2.45, 2.75) is 38.1 Å². The van der Waals surface area contributed by atoms with Crippen LogP contribution < -0.4 is 5.32 Å². The van der Waals surface area contributed by atoms with Crippen LogP contribution >= 0.6 is 0 Å². The largest absolute Gasteiger partial charge is 0.394 e. The summed E-state index contributed by atoms with van der Waals surface area (Å²) in [5.74, 6) is -1.95. The molecule has 0 aliphatic heterocycles. The van der Waals surface area contributed by atoms with Crippen molar-refractivity contribution in [3.8, 4) is 0 Å². The number of anilines is 1. The lowest BCUT2D eigenvalue weighted by atomic mass is 9.77. The van der Waals surface area contributed by atoms with E-state index in [-0.39, 0.29) is 6.61 Å². The van der Waals surface area contributed by atoms with E-state index in [4.69, 9.17) is 0 Å². The molecule has 1 aromatic carbocycles. The Hall–Kier alpha value is -1.76. The van der Waals surface area contributed by atoms with E-state index in [1.165, 1.54) is 0 Å². The number of nitro groups is 1. The van der Waals surface area contributed by atoms with Gasteiger partial charge in [0, 0.05) is 6.07 Å². The standard InChI is InChI=1S/C14H18F2N2O3/c1-9-4-6-14(8-19,7-5-9)17-13-11(18(20)21)3-2-10(15)12(13)16/h2-3,9,17,19H,4-8H2,1H3.